The van der Waals surface area contributed by atoms with Gasteiger partial charge in [-0.1, -0.05) is 23.2 Å². The molecule has 0 aromatic heterocycles. The number of nitrogens with one attached hydrogen (secondary N) is 1. The lowest BCUT2D eigenvalue weighted by Gasteiger charge is -2.24. The van der Waals surface area contributed by atoms with Gasteiger partial charge in [-0.05, 0) is 31.5 Å². The van der Waals surface area contributed by atoms with Crippen LogP contribution in [0.25, 0.3) is 0 Å². The summed E-state index contributed by atoms with van der Waals surface area (Å²) in [6.07, 6.45) is 0.402. The quantitative estimate of drug-likeness (QED) is 0.909. The molecule has 104 valence electrons. The highest BCUT2D eigenvalue weighted by atomic mass is 35.5. The molecular weight excluding hydrogens is 309 g/mol. The topological polar surface area (TPSA) is 63.2 Å². The van der Waals surface area contributed by atoms with Gasteiger partial charge >= 0.3 is 0 Å². The molecule has 0 bridgehead atoms. The number of rotatable bonds is 2. The molecule has 1 saturated heterocycles. The van der Waals surface area contributed by atoms with E-state index in [9.17, 15) is 13.2 Å². The van der Waals surface area contributed by atoms with Crippen LogP contribution in [0, 0.1) is 0 Å². The molecule has 1 fully saturated rings. The van der Waals surface area contributed by atoms with E-state index in [-0.39, 0.29) is 22.1 Å². The number of hydrogen-bond donors (Lipinski definition) is 1. The molecular formula is C12H13Cl2NO3S. The zero-order valence-corrected chi connectivity index (χ0v) is 12.6. The smallest absolute Gasteiger partial charge is 0.253 e. The summed E-state index contributed by atoms with van der Waals surface area (Å²) in [5, 5.41) is 3.42. The summed E-state index contributed by atoms with van der Waals surface area (Å²) in [5.74, 6) is -0.371. The number of hydrogen-bond acceptors (Lipinski definition) is 3. The Kier molecular flexibility index (Phi) is 3.82. The van der Waals surface area contributed by atoms with Crippen molar-refractivity contribution in [3.8, 4) is 0 Å². The van der Waals surface area contributed by atoms with E-state index in [1.165, 1.54) is 12.1 Å². The van der Waals surface area contributed by atoms with Gasteiger partial charge in [-0.25, -0.2) is 8.42 Å². The first-order valence-corrected chi connectivity index (χ1v) is 8.27. The van der Waals surface area contributed by atoms with E-state index in [1.807, 2.05) is 0 Å². The Labute approximate surface area is 122 Å². The van der Waals surface area contributed by atoms with E-state index in [2.05, 4.69) is 5.32 Å². The molecule has 19 heavy (non-hydrogen) atoms. The van der Waals surface area contributed by atoms with Crippen molar-refractivity contribution < 1.29 is 13.2 Å². The van der Waals surface area contributed by atoms with Gasteiger partial charge < -0.3 is 5.32 Å². The van der Waals surface area contributed by atoms with Crippen LogP contribution < -0.4 is 5.32 Å². The maximum atomic E-state index is 12.1. The third kappa shape index (κ3) is 3.41. The van der Waals surface area contributed by atoms with Crippen LogP contribution in [0.4, 0.5) is 0 Å². The molecule has 1 aliphatic rings. The summed E-state index contributed by atoms with van der Waals surface area (Å²) in [6, 6.07) is 4.58. The summed E-state index contributed by atoms with van der Waals surface area (Å²) in [5.41, 5.74) is -0.499. The standard InChI is InChI=1S/C12H13Cl2NO3S/c1-12(4-5-19(17,18)7-12)15-11(16)9-6-8(13)2-3-10(9)14/h2-3,6H,4-5,7H2,1H3,(H,15,16). The second-order valence-corrected chi connectivity index (χ2v) is 8.01. The lowest BCUT2D eigenvalue weighted by atomic mass is 10.0. The number of halogens is 2. The number of carbonyl (C=O) groups is 1. The summed E-state index contributed by atoms with van der Waals surface area (Å²) >= 11 is 11.8. The molecule has 1 heterocycles. The van der Waals surface area contributed by atoms with E-state index in [0.29, 0.717) is 11.4 Å². The molecule has 1 N–H and O–H groups in total. The number of benzene rings is 1. The van der Waals surface area contributed by atoms with Crippen LogP contribution in [-0.4, -0.2) is 31.4 Å². The monoisotopic (exact) mass is 321 g/mol. The van der Waals surface area contributed by atoms with Crippen molar-refractivity contribution in [2.45, 2.75) is 18.9 Å². The van der Waals surface area contributed by atoms with Crippen LogP contribution in [0.3, 0.4) is 0 Å². The zero-order chi connectivity index (χ0) is 14.3. The third-order valence-corrected chi connectivity index (χ3v) is 5.56. The lowest BCUT2D eigenvalue weighted by molar-refractivity contribution is 0.0915. The SMILES string of the molecule is CC1(NC(=O)c2cc(Cl)ccc2Cl)CCS(=O)(=O)C1. The molecule has 7 heteroatoms. The van der Waals surface area contributed by atoms with Crippen molar-refractivity contribution in [3.05, 3.63) is 33.8 Å². The highest BCUT2D eigenvalue weighted by molar-refractivity contribution is 7.91. The van der Waals surface area contributed by atoms with Crippen molar-refractivity contribution in [2.75, 3.05) is 11.5 Å². The first-order valence-electron chi connectivity index (χ1n) is 5.69. The second kappa shape index (κ2) is 4.96. The second-order valence-electron chi connectivity index (χ2n) is 4.98. The van der Waals surface area contributed by atoms with Gasteiger partial charge in [-0.15, -0.1) is 0 Å². The highest BCUT2D eigenvalue weighted by Crippen LogP contribution is 2.25. The number of amides is 1. The largest absolute Gasteiger partial charge is 0.346 e. The zero-order valence-electron chi connectivity index (χ0n) is 10.2. The number of carbonyl (C=O) groups excluding carboxylic acids is 1. The first-order chi connectivity index (χ1) is 8.71. The molecule has 1 aliphatic heterocycles. The first kappa shape index (κ1) is 14.6. The molecule has 1 aromatic rings. The predicted octanol–water partition coefficient (Wildman–Crippen LogP) is 2.30. The van der Waals surface area contributed by atoms with Gasteiger partial charge in [-0.2, -0.15) is 0 Å². The van der Waals surface area contributed by atoms with Crippen LogP contribution in [0.2, 0.25) is 10.0 Å². The fraction of sp³-hybridized carbons (Fsp3) is 0.417. The van der Waals surface area contributed by atoms with E-state index in [4.69, 9.17) is 23.2 Å². The maximum absolute atomic E-state index is 12.1. The maximum Gasteiger partial charge on any atom is 0.253 e. The Morgan fingerprint density at radius 2 is 2.05 bits per heavy atom. The van der Waals surface area contributed by atoms with Crippen LogP contribution >= 0.6 is 23.2 Å². The summed E-state index contributed by atoms with van der Waals surface area (Å²) in [6.45, 7) is 1.72. The summed E-state index contributed by atoms with van der Waals surface area (Å²) in [4.78, 5) is 12.1. The van der Waals surface area contributed by atoms with Crippen molar-refractivity contribution >= 4 is 38.9 Å². The van der Waals surface area contributed by atoms with E-state index in [1.54, 1.807) is 13.0 Å². The Morgan fingerprint density at radius 3 is 2.63 bits per heavy atom. The van der Waals surface area contributed by atoms with E-state index in [0.717, 1.165) is 0 Å². The molecule has 4 nitrogen and oxygen atoms in total. The van der Waals surface area contributed by atoms with Gasteiger partial charge in [0.25, 0.3) is 5.91 Å². The van der Waals surface area contributed by atoms with Gasteiger partial charge in [0.1, 0.15) is 0 Å². The minimum absolute atomic E-state index is 0.0517. The summed E-state index contributed by atoms with van der Waals surface area (Å²) in [7, 11) is -3.07. The molecule has 0 radical (unpaired) electrons. The Morgan fingerprint density at radius 1 is 1.37 bits per heavy atom. The molecule has 1 amide bonds. The van der Waals surface area contributed by atoms with Crippen molar-refractivity contribution in [1.29, 1.82) is 0 Å². The fourth-order valence-electron chi connectivity index (χ4n) is 2.12. The third-order valence-electron chi connectivity index (χ3n) is 3.09. The molecule has 1 aromatic carbocycles. The molecule has 1 unspecified atom stereocenters. The number of sulfone groups is 1. The Hall–Kier alpha value is -0.780. The van der Waals surface area contributed by atoms with Crippen LogP contribution in [0.5, 0.6) is 0 Å². The normalized spacial score (nSPS) is 25.2. The average Bonchev–Trinajstić information content (AvgIpc) is 2.56. The van der Waals surface area contributed by atoms with Gasteiger partial charge in [0.05, 0.1) is 27.6 Å². The Balaban J connectivity index is 2.20. The van der Waals surface area contributed by atoms with Gasteiger partial charge in [0.2, 0.25) is 0 Å². The van der Waals surface area contributed by atoms with Crippen molar-refractivity contribution in [1.82, 2.24) is 5.32 Å². The Bertz CT molecular complexity index is 630. The van der Waals surface area contributed by atoms with Crippen LogP contribution in [0.1, 0.15) is 23.7 Å². The van der Waals surface area contributed by atoms with Gasteiger partial charge in [-0.3, -0.25) is 4.79 Å². The molecule has 0 aliphatic carbocycles. The van der Waals surface area contributed by atoms with Crippen molar-refractivity contribution in [2.24, 2.45) is 0 Å². The van der Waals surface area contributed by atoms with Crippen LogP contribution in [0.15, 0.2) is 18.2 Å². The molecule has 2 rings (SSSR count). The molecule has 0 saturated carbocycles. The van der Waals surface area contributed by atoms with E-state index >= 15 is 0 Å². The van der Waals surface area contributed by atoms with Crippen molar-refractivity contribution in [3.63, 3.8) is 0 Å². The molecule has 1 atom stereocenters. The fourth-order valence-corrected chi connectivity index (χ4v) is 4.59. The minimum atomic E-state index is -3.07. The van der Waals surface area contributed by atoms with Gasteiger partial charge in [0.15, 0.2) is 9.84 Å². The highest BCUT2D eigenvalue weighted by Gasteiger charge is 2.39. The lowest BCUT2D eigenvalue weighted by Crippen LogP contribution is -2.47. The average molecular weight is 322 g/mol. The summed E-state index contributed by atoms with van der Waals surface area (Å²) < 4.78 is 23.0. The predicted molar refractivity (Wildman–Crippen MR) is 75.6 cm³/mol. The molecule has 0 spiro atoms. The minimum Gasteiger partial charge on any atom is -0.346 e. The van der Waals surface area contributed by atoms with Gasteiger partial charge in [0, 0.05) is 5.02 Å². The van der Waals surface area contributed by atoms with E-state index < -0.39 is 21.3 Å². The van der Waals surface area contributed by atoms with Crippen LogP contribution in [-0.2, 0) is 9.84 Å².